The van der Waals surface area contributed by atoms with E-state index in [0.29, 0.717) is 13.2 Å². The van der Waals surface area contributed by atoms with E-state index in [0.717, 1.165) is 24.6 Å². The largest absolute Gasteiger partial charge is 0.353 e. The summed E-state index contributed by atoms with van der Waals surface area (Å²) < 4.78 is 12.8. The van der Waals surface area contributed by atoms with Gasteiger partial charge in [-0.15, -0.1) is 0 Å². The van der Waals surface area contributed by atoms with Gasteiger partial charge in [0, 0.05) is 26.2 Å². The average molecular weight is 227 g/mol. The van der Waals surface area contributed by atoms with Crippen molar-refractivity contribution in [3.8, 4) is 0 Å². The maximum absolute atomic E-state index is 5.47. The van der Waals surface area contributed by atoms with E-state index in [1.54, 1.807) is 0 Å². The monoisotopic (exact) mass is 227 g/mol. The lowest BCUT2D eigenvalue weighted by molar-refractivity contribution is -0.141. The summed E-state index contributed by atoms with van der Waals surface area (Å²) in [6.45, 7) is 9.90. The lowest BCUT2D eigenvalue weighted by Gasteiger charge is -2.16. The molecule has 92 valence electrons. The Balaban J connectivity index is 2.44. The summed E-state index contributed by atoms with van der Waals surface area (Å²) >= 11 is 0. The maximum Gasteiger partial charge on any atom is 0.159 e. The van der Waals surface area contributed by atoms with E-state index in [4.69, 9.17) is 9.47 Å². The lowest BCUT2D eigenvalue weighted by Crippen LogP contribution is -2.20. The van der Waals surface area contributed by atoms with Gasteiger partial charge in [-0.25, -0.2) is 9.67 Å². The molecule has 5 nitrogen and oxygen atoms in total. The van der Waals surface area contributed by atoms with Crippen LogP contribution in [0.15, 0.2) is 0 Å². The number of hydrogen-bond acceptors (Lipinski definition) is 4. The highest BCUT2D eigenvalue weighted by molar-refractivity contribution is 4.87. The molecule has 5 heteroatoms. The topological polar surface area (TPSA) is 49.2 Å². The van der Waals surface area contributed by atoms with Crippen LogP contribution in [0.25, 0.3) is 0 Å². The first-order valence-corrected chi connectivity index (χ1v) is 5.78. The molecule has 0 amide bonds. The highest BCUT2D eigenvalue weighted by atomic mass is 16.7. The molecule has 0 aromatic carbocycles. The van der Waals surface area contributed by atoms with E-state index in [1.165, 1.54) is 0 Å². The van der Waals surface area contributed by atoms with Crippen molar-refractivity contribution in [2.45, 2.75) is 47.0 Å². The number of hydrogen-bond donors (Lipinski definition) is 0. The van der Waals surface area contributed by atoms with Crippen LogP contribution in [-0.2, 0) is 16.0 Å². The quantitative estimate of drug-likeness (QED) is 0.665. The molecule has 16 heavy (non-hydrogen) atoms. The van der Waals surface area contributed by atoms with Crippen LogP contribution in [0.2, 0.25) is 0 Å². The van der Waals surface area contributed by atoms with Gasteiger partial charge in [0.1, 0.15) is 11.6 Å². The van der Waals surface area contributed by atoms with Crippen molar-refractivity contribution >= 4 is 0 Å². The Bertz CT molecular complexity index is 306. The Morgan fingerprint density at radius 2 is 1.81 bits per heavy atom. The van der Waals surface area contributed by atoms with Crippen LogP contribution in [-0.4, -0.2) is 34.3 Å². The summed E-state index contributed by atoms with van der Waals surface area (Å²) in [5, 5.41) is 4.30. The molecular weight excluding hydrogens is 206 g/mol. The van der Waals surface area contributed by atoms with Gasteiger partial charge in [0.2, 0.25) is 0 Å². The minimum Gasteiger partial charge on any atom is -0.353 e. The first kappa shape index (κ1) is 13.1. The van der Waals surface area contributed by atoms with E-state index >= 15 is 0 Å². The molecule has 0 bridgehead atoms. The third-order valence-corrected chi connectivity index (χ3v) is 2.24. The molecule has 1 aromatic rings. The van der Waals surface area contributed by atoms with Crippen LogP contribution in [0, 0.1) is 13.8 Å². The summed E-state index contributed by atoms with van der Waals surface area (Å²) in [6.07, 6.45) is 0.657. The molecule has 1 aromatic heterocycles. The average Bonchev–Trinajstić information content (AvgIpc) is 2.54. The molecule has 0 radical (unpaired) electrons. The van der Waals surface area contributed by atoms with Crippen molar-refractivity contribution in [3.63, 3.8) is 0 Å². The molecule has 0 unspecified atom stereocenters. The fourth-order valence-corrected chi connectivity index (χ4v) is 1.59. The molecular formula is C11H21N3O2. The van der Waals surface area contributed by atoms with E-state index in [1.807, 2.05) is 32.4 Å². The molecule has 0 aliphatic rings. The van der Waals surface area contributed by atoms with Crippen molar-refractivity contribution in [2.24, 2.45) is 0 Å². The summed E-state index contributed by atoms with van der Waals surface area (Å²) in [4.78, 5) is 4.25. The van der Waals surface area contributed by atoms with Gasteiger partial charge in [-0.1, -0.05) is 0 Å². The fraction of sp³-hybridized carbons (Fsp3) is 0.818. The maximum atomic E-state index is 5.47. The molecule has 1 rings (SSSR count). The van der Waals surface area contributed by atoms with Crippen LogP contribution in [0.5, 0.6) is 0 Å². The Morgan fingerprint density at radius 1 is 1.19 bits per heavy atom. The van der Waals surface area contributed by atoms with Crippen molar-refractivity contribution in [2.75, 3.05) is 13.2 Å². The smallest absolute Gasteiger partial charge is 0.159 e. The van der Waals surface area contributed by atoms with E-state index < -0.39 is 0 Å². The van der Waals surface area contributed by atoms with Gasteiger partial charge in [-0.05, 0) is 27.7 Å². The molecule has 0 aliphatic carbocycles. The van der Waals surface area contributed by atoms with Gasteiger partial charge in [-0.3, -0.25) is 0 Å². The number of nitrogens with zero attached hydrogens (tertiary/aromatic N) is 3. The second kappa shape index (κ2) is 6.60. The summed E-state index contributed by atoms with van der Waals surface area (Å²) in [5.74, 6) is 1.74. The van der Waals surface area contributed by atoms with Crippen molar-refractivity contribution in [1.82, 2.24) is 14.8 Å². The van der Waals surface area contributed by atoms with Gasteiger partial charge < -0.3 is 9.47 Å². The van der Waals surface area contributed by atoms with Gasteiger partial charge in [0.25, 0.3) is 0 Å². The predicted molar refractivity (Wildman–Crippen MR) is 61.2 cm³/mol. The molecule has 0 atom stereocenters. The van der Waals surface area contributed by atoms with E-state index in [9.17, 15) is 0 Å². The van der Waals surface area contributed by atoms with Crippen LogP contribution >= 0.6 is 0 Å². The van der Waals surface area contributed by atoms with Crippen LogP contribution in [0.3, 0.4) is 0 Å². The van der Waals surface area contributed by atoms with Gasteiger partial charge in [0.05, 0.1) is 0 Å². The second-order valence-corrected chi connectivity index (χ2v) is 3.56. The Kier molecular flexibility index (Phi) is 5.42. The molecule has 0 saturated carbocycles. The van der Waals surface area contributed by atoms with Crippen LogP contribution in [0.1, 0.15) is 31.9 Å². The van der Waals surface area contributed by atoms with Gasteiger partial charge in [-0.2, -0.15) is 5.10 Å². The standard InChI is InChI=1S/C11H21N3O2/c1-5-15-11(16-6-2)7-8-14-10(4)12-9(3)13-14/h11H,5-8H2,1-4H3. The van der Waals surface area contributed by atoms with Crippen molar-refractivity contribution in [3.05, 3.63) is 11.6 Å². The molecule has 0 N–H and O–H groups in total. The molecule has 1 heterocycles. The minimum atomic E-state index is -0.140. The SMILES string of the molecule is CCOC(CCn1nc(C)nc1C)OCC. The first-order chi connectivity index (χ1) is 7.67. The number of aryl methyl sites for hydroxylation is 3. The molecule has 0 aliphatic heterocycles. The van der Waals surface area contributed by atoms with Crippen molar-refractivity contribution < 1.29 is 9.47 Å². The van der Waals surface area contributed by atoms with Gasteiger partial charge in [0.15, 0.2) is 6.29 Å². The fourth-order valence-electron chi connectivity index (χ4n) is 1.59. The number of ether oxygens (including phenoxy) is 2. The van der Waals surface area contributed by atoms with E-state index in [-0.39, 0.29) is 6.29 Å². The van der Waals surface area contributed by atoms with Crippen LogP contribution < -0.4 is 0 Å². The minimum absolute atomic E-state index is 0.140. The normalized spacial score (nSPS) is 11.3. The first-order valence-electron chi connectivity index (χ1n) is 5.78. The summed E-state index contributed by atoms with van der Waals surface area (Å²) in [6, 6.07) is 0. The van der Waals surface area contributed by atoms with Crippen LogP contribution in [0.4, 0.5) is 0 Å². The summed E-state index contributed by atoms with van der Waals surface area (Å²) in [5.41, 5.74) is 0. The molecule has 0 fully saturated rings. The Morgan fingerprint density at radius 3 is 2.25 bits per heavy atom. The highest BCUT2D eigenvalue weighted by Gasteiger charge is 2.10. The Hall–Kier alpha value is -0.940. The third-order valence-electron chi connectivity index (χ3n) is 2.24. The molecule has 0 spiro atoms. The second-order valence-electron chi connectivity index (χ2n) is 3.56. The molecule has 0 saturated heterocycles. The zero-order chi connectivity index (χ0) is 12.0. The zero-order valence-electron chi connectivity index (χ0n) is 10.6. The lowest BCUT2D eigenvalue weighted by atomic mass is 10.4. The highest BCUT2D eigenvalue weighted by Crippen LogP contribution is 2.05. The van der Waals surface area contributed by atoms with Crippen molar-refractivity contribution in [1.29, 1.82) is 0 Å². The predicted octanol–water partition coefficient (Wildman–Crippen LogP) is 1.68. The van der Waals surface area contributed by atoms with Gasteiger partial charge >= 0.3 is 0 Å². The Labute approximate surface area is 96.8 Å². The summed E-state index contributed by atoms with van der Waals surface area (Å²) in [7, 11) is 0. The number of rotatable bonds is 7. The zero-order valence-corrected chi connectivity index (χ0v) is 10.6. The third kappa shape index (κ3) is 3.90. The number of aromatic nitrogens is 3. The van der Waals surface area contributed by atoms with E-state index in [2.05, 4.69) is 10.1 Å².